The molecule has 0 aliphatic heterocycles. The number of para-hydroxylation sites is 1. The lowest BCUT2D eigenvalue weighted by Gasteiger charge is -2.23. The fourth-order valence-corrected chi connectivity index (χ4v) is 6.76. The molecule has 2 heterocycles. The average molecular weight is 407 g/mol. The SMILES string of the molecule is CCn1c2ccccc2c2cc(-c3ccc([Si](C)(C)c4ccccc4)cn3)ccc21. The summed E-state index contributed by atoms with van der Waals surface area (Å²) in [4.78, 5) is 4.88. The Morgan fingerprint density at radius 3 is 2.20 bits per heavy atom. The van der Waals surface area contributed by atoms with Crippen molar-refractivity contribution in [3.8, 4) is 11.3 Å². The van der Waals surface area contributed by atoms with Crippen LogP contribution in [0.15, 0.2) is 91.1 Å². The van der Waals surface area contributed by atoms with Crippen LogP contribution in [0.3, 0.4) is 0 Å². The van der Waals surface area contributed by atoms with Gasteiger partial charge >= 0.3 is 0 Å². The lowest BCUT2D eigenvalue weighted by atomic mass is 10.1. The maximum absolute atomic E-state index is 4.88. The molecule has 0 saturated heterocycles. The zero-order valence-electron chi connectivity index (χ0n) is 17.8. The molecule has 0 bridgehead atoms. The fraction of sp³-hybridized carbons (Fsp3) is 0.148. The molecule has 2 nitrogen and oxygen atoms in total. The second kappa shape index (κ2) is 7.26. The number of fused-ring (bicyclic) bond motifs is 3. The summed E-state index contributed by atoms with van der Waals surface area (Å²) in [5, 5.41) is 5.41. The molecule has 2 aromatic heterocycles. The lowest BCUT2D eigenvalue weighted by molar-refractivity contribution is 0.827. The Bertz CT molecular complexity index is 1330. The summed E-state index contributed by atoms with van der Waals surface area (Å²) in [6, 6.07) is 30.7. The van der Waals surface area contributed by atoms with Crippen molar-refractivity contribution in [2.24, 2.45) is 0 Å². The minimum atomic E-state index is -1.73. The van der Waals surface area contributed by atoms with Gasteiger partial charge in [0.15, 0.2) is 0 Å². The van der Waals surface area contributed by atoms with Crippen molar-refractivity contribution >= 4 is 40.3 Å². The Labute approximate surface area is 178 Å². The number of hydrogen-bond acceptors (Lipinski definition) is 1. The maximum atomic E-state index is 4.88. The van der Waals surface area contributed by atoms with Crippen LogP contribution in [0.4, 0.5) is 0 Å². The second-order valence-corrected chi connectivity index (χ2v) is 12.8. The number of rotatable bonds is 4. The largest absolute Gasteiger partial charge is 0.341 e. The molecule has 5 aromatic rings. The van der Waals surface area contributed by atoms with Crippen molar-refractivity contribution < 1.29 is 0 Å². The van der Waals surface area contributed by atoms with Crippen LogP contribution >= 0.6 is 0 Å². The number of benzene rings is 3. The standard InChI is InChI=1S/C27H26N2Si/c1-4-29-26-13-9-8-12-23(26)24-18-20(14-17-27(24)29)25-16-15-22(19-28-25)30(2,3)21-10-6-5-7-11-21/h5-19H,4H2,1-3H3. The molecule has 0 amide bonds. The molecule has 148 valence electrons. The highest BCUT2D eigenvalue weighted by Crippen LogP contribution is 2.32. The molecule has 0 fully saturated rings. The predicted molar refractivity (Wildman–Crippen MR) is 132 cm³/mol. The highest BCUT2D eigenvalue weighted by Gasteiger charge is 2.26. The number of aryl methyl sites for hydroxylation is 1. The van der Waals surface area contributed by atoms with Gasteiger partial charge in [-0.3, -0.25) is 4.98 Å². The van der Waals surface area contributed by atoms with Gasteiger partial charge in [-0.05, 0) is 36.4 Å². The molecule has 30 heavy (non-hydrogen) atoms. The van der Waals surface area contributed by atoms with Crippen molar-refractivity contribution in [1.82, 2.24) is 9.55 Å². The van der Waals surface area contributed by atoms with E-state index in [0.717, 1.165) is 12.2 Å². The first-order valence-corrected chi connectivity index (χ1v) is 13.6. The van der Waals surface area contributed by atoms with Crippen LogP contribution in [-0.4, -0.2) is 17.6 Å². The Morgan fingerprint density at radius 1 is 0.733 bits per heavy atom. The minimum Gasteiger partial charge on any atom is -0.341 e. The maximum Gasteiger partial charge on any atom is 0.114 e. The molecule has 0 radical (unpaired) electrons. The summed E-state index contributed by atoms with van der Waals surface area (Å²) in [5.74, 6) is 0. The Balaban J connectivity index is 1.57. The van der Waals surface area contributed by atoms with E-state index < -0.39 is 8.07 Å². The third kappa shape index (κ3) is 2.98. The number of nitrogens with zero attached hydrogens (tertiary/aromatic N) is 2. The van der Waals surface area contributed by atoms with Crippen molar-refractivity contribution in [2.75, 3.05) is 0 Å². The summed E-state index contributed by atoms with van der Waals surface area (Å²) in [7, 11) is -1.73. The Morgan fingerprint density at radius 2 is 1.47 bits per heavy atom. The highest BCUT2D eigenvalue weighted by atomic mass is 28.3. The first-order valence-electron chi connectivity index (χ1n) is 10.6. The van der Waals surface area contributed by atoms with Crippen LogP contribution < -0.4 is 10.4 Å². The number of aromatic nitrogens is 2. The third-order valence-electron chi connectivity index (χ3n) is 6.37. The van der Waals surface area contributed by atoms with Gasteiger partial charge < -0.3 is 4.57 Å². The minimum absolute atomic E-state index is 0.968. The van der Waals surface area contributed by atoms with Crippen LogP contribution in [-0.2, 0) is 6.54 Å². The van der Waals surface area contributed by atoms with E-state index in [1.807, 2.05) is 0 Å². The van der Waals surface area contributed by atoms with Crippen LogP contribution in [0.5, 0.6) is 0 Å². The molecular formula is C27H26N2Si. The summed E-state index contributed by atoms with van der Waals surface area (Å²) in [5.41, 5.74) is 4.79. The average Bonchev–Trinajstić information content (AvgIpc) is 3.12. The quantitative estimate of drug-likeness (QED) is 0.350. The normalized spacial score (nSPS) is 12.0. The van der Waals surface area contributed by atoms with E-state index in [9.17, 15) is 0 Å². The molecule has 0 atom stereocenters. The molecule has 0 N–H and O–H groups in total. The van der Waals surface area contributed by atoms with Gasteiger partial charge in [0.1, 0.15) is 8.07 Å². The summed E-state index contributed by atoms with van der Waals surface area (Å²) < 4.78 is 2.39. The van der Waals surface area contributed by atoms with Gasteiger partial charge in [0.25, 0.3) is 0 Å². The van der Waals surface area contributed by atoms with Crippen molar-refractivity contribution in [1.29, 1.82) is 0 Å². The van der Waals surface area contributed by atoms with Crippen LogP contribution in [0.2, 0.25) is 13.1 Å². The summed E-state index contributed by atoms with van der Waals surface area (Å²) >= 11 is 0. The predicted octanol–water partition coefficient (Wildman–Crippen LogP) is 5.70. The van der Waals surface area contributed by atoms with Crippen LogP contribution in [0.25, 0.3) is 33.1 Å². The van der Waals surface area contributed by atoms with Gasteiger partial charge in [-0.25, -0.2) is 0 Å². The third-order valence-corrected chi connectivity index (χ3v) is 9.88. The van der Waals surface area contributed by atoms with Gasteiger partial charge in [0.2, 0.25) is 0 Å². The molecule has 0 aliphatic carbocycles. The Hall–Kier alpha value is -3.17. The summed E-state index contributed by atoms with van der Waals surface area (Å²) in [6.45, 7) is 7.96. The fourth-order valence-electron chi connectivity index (χ4n) is 4.51. The topological polar surface area (TPSA) is 17.8 Å². The van der Waals surface area contributed by atoms with Gasteiger partial charge in [0.05, 0.1) is 5.69 Å². The van der Waals surface area contributed by atoms with E-state index in [1.54, 1.807) is 0 Å². The molecule has 0 aliphatic rings. The molecular weight excluding hydrogens is 380 g/mol. The van der Waals surface area contributed by atoms with E-state index in [2.05, 4.69) is 116 Å². The van der Waals surface area contributed by atoms with Crippen molar-refractivity contribution in [2.45, 2.75) is 26.6 Å². The van der Waals surface area contributed by atoms with E-state index in [0.29, 0.717) is 0 Å². The highest BCUT2D eigenvalue weighted by molar-refractivity contribution is 7.00. The smallest absolute Gasteiger partial charge is 0.114 e. The molecule has 0 spiro atoms. The van der Waals surface area contributed by atoms with E-state index in [1.165, 1.54) is 37.7 Å². The van der Waals surface area contributed by atoms with Gasteiger partial charge in [-0.15, -0.1) is 0 Å². The van der Waals surface area contributed by atoms with Crippen molar-refractivity contribution in [3.05, 3.63) is 91.1 Å². The number of hydrogen-bond donors (Lipinski definition) is 0. The second-order valence-electron chi connectivity index (χ2n) is 8.42. The molecule has 0 unspecified atom stereocenters. The summed E-state index contributed by atoms with van der Waals surface area (Å²) in [6.07, 6.45) is 2.09. The monoisotopic (exact) mass is 406 g/mol. The first kappa shape index (κ1) is 18.8. The molecule has 0 saturated carbocycles. The zero-order chi connectivity index (χ0) is 20.7. The van der Waals surface area contributed by atoms with Crippen LogP contribution in [0.1, 0.15) is 6.92 Å². The Kier molecular flexibility index (Phi) is 4.56. The molecule has 3 heteroatoms. The first-order chi connectivity index (χ1) is 14.6. The van der Waals surface area contributed by atoms with E-state index >= 15 is 0 Å². The van der Waals surface area contributed by atoms with E-state index in [4.69, 9.17) is 4.98 Å². The lowest BCUT2D eigenvalue weighted by Crippen LogP contribution is -2.52. The molecule has 3 aromatic carbocycles. The molecule has 5 rings (SSSR count). The van der Waals surface area contributed by atoms with Gasteiger partial charge in [0, 0.05) is 40.1 Å². The number of pyridine rings is 1. The van der Waals surface area contributed by atoms with Gasteiger partial charge in [-0.1, -0.05) is 78.9 Å². The van der Waals surface area contributed by atoms with Gasteiger partial charge in [-0.2, -0.15) is 0 Å². The van der Waals surface area contributed by atoms with Crippen LogP contribution in [0, 0.1) is 0 Å². The van der Waals surface area contributed by atoms with Crippen molar-refractivity contribution in [3.63, 3.8) is 0 Å². The zero-order valence-corrected chi connectivity index (χ0v) is 18.8. The van der Waals surface area contributed by atoms with E-state index in [-0.39, 0.29) is 0 Å².